The molecule has 1 amide bonds. The van der Waals surface area contributed by atoms with E-state index in [4.69, 9.17) is 4.74 Å². The molecule has 2 rings (SSSR count). The molecule has 0 unspecified atom stereocenters. The average molecular weight is 326 g/mol. The molecule has 3 nitrogen and oxygen atoms in total. The van der Waals surface area contributed by atoms with Crippen LogP contribution < -0.4 is 5.32 Å². The Kier molecular flexibility index (Phi) is 5.86. The van der Waals surface area contributed by atoms with Crippen LogP contribution in [0.4, 0.5) is 0 Å². The molecule has 1 aliphatic heterocycles. The third-order valence-electron chi connectivity index (χ3n) is 3.42. The first-order valence-electron chi connectivity index (χ1n) is 6.85. The molecule has 1 heterocycles. The summed E-state index contributed by atoms with van der Waals surface area (Å²) in [5.74, 6) is 0.345. The quantitative estimate of drug-likeness (QED) is 0.845. The minimum Gasteiger partial charge on any atom is -0.381 e. The van der Waals surface area contributed by atoms with Crippen molar-refractivity contribution in [1.82, 2.24) is 5.32 Å². The molecule has 19 heavy (non-hydrogen) atoms. The fraction of sp³-hybridized carbons (Fsp3) is 0.533. The van der Waals surface area contributed by atoms with E-state index in [2.05, 4.69) is 33.4 Å². The molecule has 1 aliphatic rings. The summed E-state index contributed by atoms with van der Waals surface area (Å²) in [6, 6.07) is 8.31. The van der Waals surface area contributed by atoms with Crippen LogP contribution >= 0.6 is 15.9 Å². The summed E-state index contributed by atoms with van der Waals surface area (Å²) in [6.45, 7) is 2.19. The summed E-state index contributed by atoms with van der Waals surface area (Å²) in [6.07, 6.45) is 3.69. The summed E-state index contributed by atoms with van der Waals surface area (Å²) in [4.78, 5) is 11.9. The maximum atomic E-state index is 11.9. The first-order valence-corrected chi connectivity index (χ1v) is 7.65. The molecule has 0 radical (unpaired) electrons. The van der Waals surface area contributed by atoms with Crippen molar-refractivity contribution in [2.45, 2.75) is 25.7 Å². The lowest BCUT2D eigenvalue weighted by Crippen LogP contribution is -2.34. The molecule has 0 atom stereocenters. The van der Waals surface area contributed by atoms with Crippen molar-refractivity contribution in [3.8, 4) is 0 Å². The zero-order valence-corrected chi connectivity index (χ0v) is 12.6. The van der Waals surface area contributed by atoms with Gasteiger partial charge < -0.3 is 10.1 Å². The smallest absolute Gasteiger partial charge is 0.223 e. The predicted octanol–water partition coefficient (Wildman–Crippen LogP) is 2.92. The minimum absolute atomic E-state index is 0.152. The summed E-state index contributed by atoms with van der Waals surface area (Å²) < 4.78 is 6.37. The van der Waals surface area contributed by atoms with Gasteiger partial charge in [-0.15, -0.1) is 0 Å². The number of carbonyl (C=O) groups excluding carboxylic acids is 1. The summed E-state index contributed by atoms with van der Waals surface area (Å²) in [5, 5.41) is 3.03. The van der Waals surface area contributed by atoms with E-state index in [1.165, 1.54) is 5.56 Å². The Hall–Kier alpha value is -0.870. The molecular weight excluding hydrogens is 306 g/mol. The summed E-state index contributed by atoms with van der Waals surface area (Å²) in [7, 11) is 0. The van der Waals surface area contributed by atoms with E-state index in [1.54, 1.807) is 0 Å². The third-order valence-corrected chi connectivity index (χ3v) is 3.92. The number of nitrogens with one attached hydrogen (secondary N) is 1. The van der Waals surface area contributed by atoms with E-state index in [0.717, 1.165) is 49.9 Å². The highest BCUT2D eigenvalue weighted by Crippen LogP contribution is 2.15. The van der Waals surface area contributed by atoms with Crippen molar-refractivity contribution in [1.29, 1.82) is 0 Å². The number of aryl methyl sites for hydroxylation is 1. The molecule has 0 bridgehead atoms. The van der Waals surface area contributed by atoms with E-state index in [-0.39, 0.29) is 11.8 Å². The molecule has 104 valence electrons. The highest BCUT2D eigenvalue weighted by molar-refractivity contribution is 9.10. The number of ether oxygens (including phenoxy) is 1. The van der Waals surface area contributed by atoms with Crippen LogP contribution in [0.5, 0.6) is 0 Å². The van der Waals surface area contributed by atoms with E-state index >= 15 is 0 Å². The molecule has 1 aromatic rings. The van der Waals surface area contributed by atoms with Crippen molar-refractivity contribution in [3.05, 3.63) is 34.3 Å². The number of halogens is 1. The molecular formula is C15H20BrNO2. The lowest BCUT2D eigenvalue weighted by Gasteiger charge is -2.21. The monoisotopic (exact) mass is 325 g/mol. The molecule has 1 fully saturated rings. The molecule has 0 spiro atoms. The van der Waals surface area contributed by atoms with Crippen LogP contribution in [0.2, 0.25) is 0 Å². The van der Waals surface area contributed by atoms with Crippen LogP contribution in [0.1, 0.15) is 24.8 Å². The molecule has 1 aromatic carbocycles. The van der Waals surface area contributed by atoms with Crippen LogP contribution in [0.25, 0.3) is 0 Å². The first-order chi connectivity index (χ1) is 9.25. The number of benzene rings is 1. The van der Waals surface area contributed by atoms with Gasteiger partial charge in [0, 0.05) is 30.1 Å². The van der Waals surface area contributed by atoms with Crippen LogP contribution in [0, 0.1) is 5.92 Å². The van der Waals surface area contributed by atoms with Gasteiger partial charge in [0.05, 0.1) is 0 Å². The van der Waals surface area contributed by atoms with Gasteiger partial charge in [-0.25, -0.2) is 0 Å². The van der Waals surface area contributed by atoms with Crippen molar-refractivity contribution < 1.29 is 9.53 Å². The largest absolute Gasteiger partial charge is 0.381 e. The highest BCUT2D eigenvalue weighted by Gasteiger charge is 2.20. The second kappa shape index (κ2) is 7.65. The van der Waals surface area contributed by atoms with Gasteiger partial charge in [0.1, 0.15) is 0 Å². The zero-order chi connectivity index (χ0) is 13.5. The van der Waals surface area contributed by atoms with Gasteiger partial charge in [0.15, 0.2) is 0 Å². The molecule has 4 heteroatoms. The van der Waals surface area contributed by atoms with Crippen LogP contribution in [0.3, 0.4) is 0 Å². The first kappa shape index (κ1) is 14.5. The summed E-state index contributed by atoms with van der Waals surface area (Å²) >= 11 is 3.46. The Bertz CT molecular complexity index is 416. The van der Waals surface area contributed by atoms with Crippen LogP contribution in [0.15, 0.2) is 28.7 Å². The molecule has 0 aliphatic carbocycles. The zero-order valence-electron chi connectivity index (χ0n) is 11.0. The Morgan fingerprint density at radius 1 is 1.37 bits per heavy atom. The predicted molar refractivity (Wildman–Crippen MR) is 79.0 cm³/mol. The number of hydrogen-bond acceptors (Lipinski definition) is 2. The van der Waals surface area contributed by atoms with Gasteiger partial charge in [0.25, 0.3) is 0 Å². The van der Waals surface area contributed by atoms with Crippen LogP contribution in [-0.2, 0) is 16.0 Å². The van der Waals surface area contributed by atoms with Crippen molar-refractivity contribution >= 4 is 21.8 Å². The average Bonchev–Trinajstić information content (AvgIpc) is 2.44. The maximum Gasteiger partial charge on any atom is 0.223 e. The van der Waals surface area contributed by atoms with Gasteiger partial charge in [0.2, 0.25) is 5.91 Å². The van der Waals surface area contributed by atoms with Gasteiger partial charge in [-0.1, -0.05) is 28.1 Å². The highest BCUT2D eigenvalue weighted by atomic mass is 79.9. The van der Waals surface area contributed by atoms with E-state index < -0.39 is 0 Å². The molecule has 0 saturated carbocycles. The lowest BCUT2D eigenvalue weighted by molar-refractivity contribution is -0.127. The van der Waals surface area contributed by atoms with Crippen molar-refractivity contribution in [2.24, 2.45) is 5.92 Å². The number of amides is 1. The SMILES string of the molecule is O=C(NCCCc1cccc(Br)c1)C1CCOCC1. The van der Waals surface area contributed by atoms with Gasteiger partial charge in [-0.05, 0) is 43.4 Å². The topological polar surface area (TPSA) is 38.3 Å². The Balaban J connectivity index is 1.65. The van der Waals surface area contributed by atoms with Crippen molar-refractivity contribution in [3.63, 3.8) is 0 Å². The van der Waals surface area contributed by atoms with E-state index in [9.17, 15) is 4.79 Å². The van der Waals surface area contributed by atoms with Gasteiger partial charge in [-0.2, -0.15) is 0 Å². The number of carbonyl (C=O) groups is 1. The van der Waals surface area contributed by atoms with E-state index in [0.29, 0.717) is 0 Å². The Labute approximate surface area is 122 Å². The molecule has 0 aromatic heterocycles. The van der Waals surface area contributed by atoms with Gasteiger partial charge in [-0.3, -0.25) is 4.79 Å². The Morgan fingerprint density at radius 3 is 2.89 bits per heavy atom. The molecule has 1 N–H and O–H groups in total. The second-order valence-corrected chi connectivity index (χ2v) is 5.83. The standard InChI is InChI=1S/C15H20BrNO2/c16-14-5-1-3-12(11-14)4-2-8-17-15(18)13-6-9-19-10-7-13/h1,3,5,11,13H,2,4,6-10H2,(H,17,18). The summed E-state index contributed by atoms with van der Waals surface area (Å²) in [5.41, 5.74) is 1.30. The maximum absolute atomic E-state index is 11.9. The normalized spacial score (nSPS) is 16.3. The lowest BCUT2D eigenvalue weighted by atomic mass is 9.99. The fourth-order valence-electron chi connectivity index (χ4n) is 2.30. The minimum atomic E-state index is 0.152. The number of hydrogen-bond donors (Lipinski definition) is 1. The second-order valence-electron chi connectivity index (χ2n) is 4.91. The van der Waals surface area contributed by atoms with Crippen LogP contribution in [-0.4, -0.2) is 25.7 Å². The third kappa shape index (κ3) is 4.96. The van der Waals surface area contributed by atoms with Crippen molar-refractivity contribution in [2.75, 3.05) is 19.8 Å². The Morgan fingerprint density at radius 2 is 2.16 bits per heavy atom. The van der Waals surface area contributed by atoms with Gasteiger partial charge >= 0.3 is 0 Å². The van der Waals surface area contributed by atoms with E-state index in [1.807, 2.05) is 12.1 Å². The fourth-order valence-corrected chi connectivity index (χ4v) is 2.75. The number of rotatable bonds is 5. The molecule has 1 saturated heterocycles.